The van der Waals surface area contributed by atoms with Gasteiger partial charge in [-0.3, -0.25) is 9.59 Å². The fourth-order valence-electron chi connectivity index (χ4n) is 1.31. The molecule has 0 heterocycles. The lowest BCUT2D eigenvalue weighted by molar-refractivity contribution is -0.144. The van der Waals surface area contributed by atoms with Crippen LogP contribution in [0.5, 0.6) is 0 Å². The van der Waals surface area contributed by atoms with Crippen LogP contribution in [-0.2, 0) is 9.53 Å². The minimum absolute atomic E-state index is 0.145. The standard InChI is InChI=1S/C12H14O3/c1-3-11(15-9(2)13)12(14)10-7-5-4-6-8-10/h4-8,11H,3H2,1-2H3/t11-/m0/s1. The monoisotopic (exact) mass is 206 g/mol. The summed E-state index contributed by atoms with van der Waals surface area (Å²) in [5.41, 5.74) is 0.575. The summed E-state index contributed by atoms with van der Waals surface area (Å²) in [7, 11) is 0. The van der Waals surface area contributed by atoms with Crippen molar-refractivity contribution in [2.45, 2.75) is 26.4 Å². The molecule has 15 heavy (non-hydrogen) atoms. The van der Waals surface area contributed by atoms with Gasteiger partial charge < -0.3 is 4.74 Å². The second-order valence-electron chi connectivity index (χ2n) is 3.24. The highest BCUT2D eigenvalue weighted by Crippen LogP contribution is 2.09. The second-order valence-corrected chi connectivity index (χ2v) is 3.24. The third-order valence-electron chi connectivity index (χ3n) is 2.03. The first-order valence-electron chi connectivity index (χ1n) is 4.91. The number of benzene rings is 1. The molecule has 0 aromatic heterocycles. The zero-order valence-corrected chi connectivity index (χ0v) is 8.90. The van der Waals surface area contributed by atoms with Crippen LogP contribution >= 0.6 is 0 Å². The Hall–Kier alpha value is -1.64. The number of ketones is 1. The van der Waals surface area contributed by atoms with Crippen molar-refractivity contribution < 1.29 is 14.3 Å². The van der Waals surface area contributed by atoms with Crippen molar-refractivity contribution in [1.29, 1.82) is 0 Å². The van der Waals surface area contributed by atoms with Crippen molar-refractivity contribution in [3.63, 3.8) is 0 Å². The summed E-state index contributed by atoms with van der Waals surface area (Å²) < 4.78 is 4.93. The number of carbonyl (C=O) groups is 2. The lowest BCUT2D eigenvalue weighted by Crippen LogP contribution is -2.25. The normalized spacial score (nSPS) is 11.9. The lowest BCUT2D eigenvalue weighted by atomic mass is 10.0. The molecule has 0 bridgehead atoms. The molecule has 0 radical (unpaired) electrons. The number of esters is 1. The first-order chi connectivity index (χ1) is 7.15. The summed E-state index contributed by atoms with van der Waals surface area (Å²) in [6.45, 7) is 3.12. The number of rotatable bonds is 4. The predicted molar refractivity (Wildman–Crippen MR) is 56.6 cm³/mol. The molecule has 0 N–H and O–H groups in total. The Morgan fingerprint density at radius 1 is 1.27 bits per heavy atom. The SMILES string of the molecule is CC[C@H](OC(C)=O)C(=O)c1ccccc1. The third kappa shape index (κ3) is 3.20. The summed E-state index contributed by atoms with van der Waals surface area (Å²) in [4.78, 5) is 22.6. The van der Waals surface area contributed by atoms with Gasteiger partial charge in [-0.2, -0.15) is 0 Å². The van der Waals surface area contributed by atoms with Gasteiger partial charge in [0.05, 0.1) is 0 Å². The molecule has 0 fully saturated rings. The van der Waals surface area contributed by atoms with E-state index in [1.54, 1.807) is 24.3 Å². The minimum atomic E-state index is -0.662. The molecular formula is C12H14O3. The van der Waals surface area contributed by atoms with Crippen molar-refractivity contribution in [1.82, 2.24) is 0 Å². The van der Waals surface area contributed by atoms with Crippen LogP contribution in [0.25, 0.3) is 0 Å². The van der Waals surface area contributed by atoms with Gasteiger partial charge in [0.25, 0.3) is 0 Å². The number of hydrogen-bond acceptors (Lipinski definition) is 3. The molecule has 3 nitrogen and oxygen atoms in total. The van der Waals surface area contributed by atoms with E-state index in [1.165, 1.54) is 6.92 Å². The Balaban J connectivity index is 2.78. The van der Waals surface area contributed by atoms with E-state index in [9.17, 15) is 9.59 Å². The summed E-state index contributed by atoms with van der Waals surface area (Å²) >= 11 is 0. The molecular weight excluding hydrogens is 192 g/mol. The topological polar surface area (TPSA) is 43.4 Å². The molecule has 1 atom stereocenters. The Morgan fingerprint density at radius 3 is 2.33 bits per heavy atom. The van der Waals surface area contributed by atoms with E-state index in [1.807, 2.05) is 13.0 Å². The highest BCUT2D eigenvalue weighted by atomic mass is 16.5. The fourth-order valence-corrected chi connectivity index (χ4v) is 1.31. The largest absolute Gasteiger partial charge is 0.454 e. The van der Waals surface area contributed by atoms with Gasteiger partial charge in [0, 0.05) is 12.5 Å². The molecule has 80 valence electrons. The Bertz CT molecular complexity index is 343. The van der Waals surface area contributed by atoms with Gasteiger partial charge in [0.2, 0.25) is 5.78 Å². The molecule has 0 aliphatic heterocycles. The van der Waals surface area contributed by atoms with Gasteiger partial charge in [0.15, 0.2) is 6.10 Å². The Morgan fingerprint density at radius 2 is 1.87 bits per heavy atom. The second kappa shape index (κ2) is 5.29. The number of Topliss-reactive ketones (excluding diaryl/α,β-unsaturated/α-hetero) is 1. The van der Waals surface area contributed by atoms with Crippen LogP contribution in [0.3, 0.4) is 0 Å². The van der Waals surface area contributed by atoms with Crippen LogP contribution in [0.4, 0.5) is 0 Å². The summed E-state index contributed by atoms with van der Waals surface area (Å²) in [5.74, 6) is -0.570. The van der Waals surface area contributed by atoms with Gasteiger partial charge in [-0.25, -0.2) is 0 Å². The zero-order chi connectivity index (χ0) is 11.3. The molecule has 0 saturated heterocycles. The van der Waals surface area contributed by atoms with Crippen LogP contribution < -0.4 is 0 Å². The molecule has 0 saturated carbocycles. The van der Waals surface area contributed by atoms with E-state index < -0.39 is 12.1 Å². The molecule has 0 amide bonds. The average Bonchev–Trinajstić information content (AvgIpc) is 2.26. The minimum Gasteiger partial charge on any atom is -0.454 e. The number of hydrogen-bond donors (Lipinski definition) is 0. The van der Waals surface area contributed by atoms with Gasteiger partial charge in [0.1, 0.15) is 0 Å². The quantitative estimate of drug-likeness (QED) is 0.560. The maximum absolute atomic E-state index is 11.8. The van der Waals surface area contributed by atoms with Crippen molar-refractivity contribution in [3.05, 3.63) is 35.9 Å². The van der Waals surface area contributed by atoms with Crippen molar-refractivity contribution in [3.8, 4) is 0 Å². The van der Waals surface area contributed by atoms with E-state index in [2.05, 4.69) is 0 Å². The molecule has 1 rings (SSSR count). The van der Waals surface area contributed by atoms with Crippen LogP contribution in [0, 0.1) is 0 Å². The molecule has 3 heteroatoms. The fraction of sp³-hybridized carbons (Fsp3) is 0.333. The van der Waals surface area contributed by atoms with Gasteiger partial charge in [-0.1, -0.05) is 37.3 Å². The average molecular weight is 206 g/mol. The van der Waals surface area contributed by atoms with E-state index in [0.29, 0.717) is 12.0 Å². The predicted octanol–water partition coefficient (Wildman–Crippen LogP) is 2.21. The molecule has 1 aromatic rings. The first-order valence-corrected chi connectivity index (χ1v) is 4.91. The zero-order valence-electron chi connectivity index (χ0n) is 8.90. The molecule has 0 aliphatic rings. The summed E-state index contributed by atoms with van der Waals surface area (Å²) in [5, 5.41) is 0. The maximum Gasteiger partial charge on any atom is 0.303 e. The smallest absolute Gasteiger partial charge is 0.303 e. The summed E-state index contributed by atoms with van der Waals surface area (Å²) in [6, 6.07) is 8.84. The van der Waals surface area contributed by atoms with E-state index in [4.69, 9.17) is 4.74 Å². The van der Waals surface area contributed by atoms with E-state index >= 15 is 0 Å². The van der Waals surface area contributed by atoms with Gasteiger partial charge in [-0.15, -0.1) is 0 Å². The first kappa shape index (κ1) is 11.4. The van der Waals surface area contributed by atoms with Crippen molar-refractivity contribution >= 4 is 11.8 Å². The number of carbonyl (C=O) groups excluding carboxylic acids is 2. The molecule has 1 aromatic carbocycles. The van der Waals surface area contributed by atoms with Crippen molar-refractivity contribution in [2.24, 2.45) is 0 Å². The third-order valence-corrected chi connectivity index (χ3v) is 2.03. The van der Waals surface area contributed by atoms with Gasteiger partial charge >= 0.3 is 5.97 Å². The van der Waals surface area contributed by atoms with Crippen LogP contribution in [0.15, 0.2) is 30.3 Å². The van der Waals surface area contributed by atoms with Crippen LogP contribution in [0.2, 0.25) is 0 Å². The lowest BCUT2D eigenvalue weighted by Gasteiger charge is -2.13. The van der Waals surface area contributed by atoms with E-state index in [0.717, 1.165) is 0 Å². The Labute approximate surface area is 89.1 Å². The number of ether oxygens (including phenoxy) is 1. The highest BCUT2D eigenvalue weighted by Gasteiger charge is 2.20. The molecule has 0 aliphatic carbocycles. The van der Waals surface area contributed by atoms with Gasteiger partial charge in [-0.05, 0) is 6.42 Å². The molecule has 0 spiro atoms. The summed E-state index contributed by atoms with van der Waals surface area (Å²) in [6.07, 6.45) is -0.169. The maximum atomic E-state index is 11.8. The van der Waals surface area contributed by atoms with Crippen LogP contribution in [-0.4, -0.2) is 17.9 Å². The van der Waals surface area contributed by atoms with Crippen molar-refractivity contribution in [2.75, 3.05) is 0 Å². The van der Waals surface area contributed by atoms with Crippen LogP contribution in [0.1, 0.15) is 30.6 Å². The molecule has 0 unspecified atom stereocenters. The van der Waals surface area contributed by atoms with E-state index in [-0.39, 0.29) is 5.78 Å². The Kier molecular flexibility index (Phi) is 4.03. The highest BCUT2D eigenvalue weighted by molar-refractivity contribution is 6.00.